The fourth-order valence-electron chi connectivity index (χ4n) is 10.2. The fourth-order valence-corrected chi connectivity index (χ4v) is 10.2. The third-order valence-corrected chi connectivity index (χ3v) is 13.0. The van der Waals surface area contributed by atoms with Crippen molar-refractivity contribution in [1.82, 2.24) is 13.7 Å². The van der Waals surface area contributed by atoms with Crippen molar-refractivity contribution in [2.24, 2.45) is 0 Å². The van der Waals surface area contributed by atoms with Crippen LogP contribution >= 0.6 is 0 Å². The van der Waals surface area contributed by atoms with Crippen molar-refractivity contribution in [2.45, 2.75) is 0 Å². The molecule has 3 nitrogen and oxygen atoms in total. The van der Waals surface area contributed by atoms with Gasteiger partial charge in [-0.05, 0) is 124 Å². The van der Waals surface area contributed by atoms with Gasteiger partial charge in [0.05, 0.1) is 33.1 Å². The SMILES string of the molecule is c1ccc(-n2c3ccccc3c3c(-c4cc(-c5ccc(-n6c7ccccc7c7ccccc76)cc5)cc(-c5ccc(-n6c7ccccc7c7ccccc76)cc5)c4)cccc32)cc1. The van der Waals surface area contributed by atoms with Crippen LogP contribution in [0.15, 0.2) is 237 Å². The molecule has 3 heterocycles. The van der Waals surface area contributed by atoms with Crippen LogP contribution in [0.4, 0.5) is 0 Å². The molecule has 0 unspecified atom stereocenters. The first-order valence-corrected chi connectivity index (χ1v) is 21.7. The van der Waals surface area contributed by atoms with Crippen LogP contribution in [-0.2, 0) is 0 Å². The smallest absolute Gasteiger partial charge is 0.0547 e. The van der Waals surface area contributed by atoms with E-state index in [0.717, 1.165) is 17.1 Å². The van der Waals surface area contributed by atoms with Gasteiger partial charge in [0.2, 0.25) is 0 Å². The largest absolute Gasteiger partial charge is 0.309 e. The highest BCUT2D eigenvalue weighted by atomic mass is 15.0. The number of aromatic nitrogens is 3. The van der Waals surface area contributed by atoms with Crippen molar-refractivity contribution < 1.29 is 0 Å². The molecule has 0 fully saturated rings. The molecule has 3 aromatic heterocycles. The first kappa shape index (κ1) is 35.4. The second-order valence-electron chi connectivity index (χ2n) is 16.5. The van der Waals surface area contributed by atoms with Crippen molar-refractivity contribution in [1.29, 1.82) is 0 Å². The summed E-state index contributed by atoms with van der Waals surface area (Å²) in [6.45, 7) is 0. The van der Waals surface area contributed by atoms with Gasteiger partial charge in [0, 0.05) is 49.4 Å². The quantitative estimate of drug-likeness (QED) is 0.159. The summed E-state index contributed by atoms with van der Waals surface area (Å²) in [6, 6.07) is 86.5. The van der Waals surface area contributed by atoms with E-state index < -0.39 is 0 Å². The maximum Gasteiger partial charge on any atom is 0.0547 e. The molecule has 294 valence electrons. The Morgan fingerprint density at radius 2 is 0.540 bits per heavy atom. The number of hydrogen-bond donors (Lipinski definition) is 0. The topological polar surface area (TPSA) is 14.8 Å². The molecule has 13 rings (SSSR count). The molecule has 0 amide bonds. The van der Waals surface area contributed by atoms with Gasteiger partial charge < -0.3 is 13.7 Å². The number of benzene rings is 10. The van der Waals surface area contributed by atoms with E-state index in [1.165, 1.54) is 98.8 Å². The molecule has 0 saturated heterocycles. The minimum absolute atomic E-state index is 1.15. The van der Waals surface area contributed by atoms with Crippen LogP contribution in [0, 0.1) is 0 Å². The molecule has 0 aliphatic carbocycles. The highest BCUT2D eigenvalue weighted by Gasteiger charge is 2.19. The second-order valence-corrected chi connectivity index (χ2v) is 16.5. The third kappa shape index (κ3) is 5.53. The monoisotopic (exact) mass is 801 g/mol. The van der Waals surface area contributed by atoms with Crippen LogP contribution in [0.1, 0.15) is 0 Å². The molecular formula is C60H39N3. The van der Waals surface area contributed by atoms with Crippen LogP contribution in [0.25, 0.3) is 116 Å². The van der Waals surface area contributed by atoms with Crippen LogP contribution in [0.2, 0.25) is 0 Å². The zero-order chi connectivity index (χ0) is 41.4. The fraction of sp³-hybridized carbons (Fsp3) is 0. The van der Waals surface area contributed by atoms with E-state index in [0.29, 0.717) is 0 Å². The molecule has 0 spiro atoms. The maximum absolute atomic E-state index is 2.40. The third-order valence-electron chi connectivity index (χ3n) is 13.0. The summed E-state index contributed by atoms with van der Waals surface area (Å²) in [4.78, 5) is 0. The Morgan fingerprint density at radius 3 is 1.00 bits per heavy atom. The molecule has 3 heteroatoms. The highest BCUT2D eigenvalue weighted by molar-refractivity contribution is 6.16. The molecule has 0 radical (unpaired) electrons. The van der Waals surface area contributed by atoms with E-state index in [9.17, 15) is 0 Å². The Labute approximate surface area is 364 Å². The highest BCUT2D eigenvalue weighted by Crippen LogP contribution is 2.42. The zero-order valence-electron chi connectivity index (χ0n) is 34.4. The van der Waals surface area contributed by atoms with E-state index in [2.05, 4.69) is 250 Å². The van der Waals surface area contributed by atoms with Crippen LogP contribution in [0.3, 0.4) is 0 Å². The van der Waals surface area contributed by atoms with Gasteiger partial charge in [-0.3, -0.25) is 0 Å². The molecule has 0 saturated carbocycles. The molecule has 0 aliphatic heterocycles. The average molecular weight is 802 g/mol. The molecule has 0 bridgehead atoms. The average Bonchev–Trinajstić information content (AvgIpc) is 4.00. The van der Waals surface area contributed by atoms with Crippen LogP contribution in [-0.4, -0.2) is 13.7 Å². The van der Waals surface area contributed by atoms with Gasteiger partial charge in [-0.1, -0.05) is 146 Å². The summed E-state index contributed by atoms with van der Waals surface area (Å²) in [5.74, 6) is 0. The normalized spacial score (nSPS) is 11.8. The van der Waals surface area contributed by atoms with Crippen LogP contribution in [0.5, 0.6) is 0 Å². The van der Waals surface area contributed by atoms with Crippen molar-refractivity contribution in [3.63, 3.8) is 0 Å². The minimum atomic E-state index is 1.15. The predicted octanol–water partition coefficient (Wildman–Crippen LogP) is 16.0. The molecule has 63 heavy (non-hydrogen) atoms. The van der Waals surface area contributed by atoms with Gasteiger partial charge in [0.15, 0.2) is 0 Å². The first-order valence-electron chi connectivity index (χ1n) is 21.7. The van der Waals surface area contributed by atoms with E-state index in [4.69, 9.17) is 0 Å². The lowest BCUT2D eigenvalue weighted by Crippen LogP contribution is -1.94. The molecule has 0 N–H and O–H groups in total. The number of rotatable bonds is 6. The van der Waals surface area contributed by atoms with E-state index in [-0.39, 0.29) is 0 Å². The number of fused-ring (bicyclic) bond motifs is 9. The van der Waals surface area contributed by atoms with Gasteiger partial charge >= 0.3 is 0 Å². The van der Waals surface area contributed by atoms with Gasteiger partial charge in [-0.25, -0.2) is 0 Å². The van der Waals surface area contributed by atoms with E-state index >= 15 is 0 Å². The van der Waals surface area contributed by atoms with Gasteiger partial charge in [-0.2, -0.15) is 0 Å². The maximum atomic E-state index is 2.40. The summed E-state index contributed by atoms with van der Waals surface area (Å²) < 4.78 is 7.18. The second kappa shape index (κ2) is 14.1. The van der Waals surface area contributed by atoms with E-state index in [1.54, 1.807) is 0 Å². The lowest BCUT2D eigenvalue weighted by atomic mass is 9.91. The predicted molar refractivity (Wildman–Crippen MR) is 266 cm³/mol. The van der Waals surface area contributed by atoms with Crippen molar-refractivity contribution in [2.75, 3.05) is 0 Å². The lowest BCUT2D eigenvalue weighted by molar-refractivity contribution is 1.18. The minimum Gasteiger partial charge on any atom is -0.309 e. The van der Waals surface area contributed by atoms with Gasteiger partial charge in [0.1, 0.15) is 0 Å². The van der Waals surface area contributed by atoms with Gasteiger partial charge in [-0.15, -0.1) is 0 Å². The summed E-state index contributed by atoms with van der Waals surface area (Å²) in [5.41, 5.74) is 17.8. The van der Waals surface area contributed by atoms with Gasteiger partial charge in [0.25, 0.3) is 0 Å². The summed E-state index contributed by atoms with van der Waals surface area (Å²) in [5, 5.41) is 7.55. The number of para-hydroxylation sites is 6. The Kier molecular flexibility index (Phi) is 7.91. The van der Waals surface area contributed by atoms with Crippen molar-refractivity contribution in [3.8, 4) is 50.4 Å². The Balaban J connectivity index is 0.996. The summed E-state index contributed by atoms with van der Waals surface area (Å²) >= 11 is 0. The zero-order valence-corrected chi connectivity index (χ0v) is 34.4. The number of hydrogen-bond acceptors (Lipinski definition) is 0. The lowest BCUT2D eigenvalue weighted by Gasteiger charge is -2.15. The molecular weight excluding hydrogens is 763 g/mol. The Bertz CT molecular complexity index is 3600. The molecule has 0 aliphatic rings. The summed E-state index contributed by atoms with van der Waals surface area (Å²) in [7, 11) is 0. The van der Waals surface area contributed by atoms with Crippen LogP contribution < -0.4 is 0 Å². The molecule has 0 atom stereocenters. The Morgan fingerprint density at radius 1 is 0.206 bits per heavy atom. The van der Waals surface area contributed by atoms with E-state index in [1.807, 2.05) is 0 Å². The summed E-state index contributed by atoms with van der Waals surface area (Å²) in [6.07, 6.45) is 0. The standard InChI is InChI=1S/C60H39N3/c1-2-15-45(16-3-1)63-58-27-13-8-21-53(58)60-48(22-14-28-59(60)63)44-38-42(40-29-33-46(34-30-40)61-54-23-9-4-17-49(54)50-18-5-10-24-55(50)61)37-43(39-44)41-31-35-47(36-32-41)62-56-25-11-6-19-51(56)52-20-7-12-26-57(52)62/h1-39H. The first-order chi connectivity index (χ1) is 31.3. The Hall–Kier alpha value is -8.40. The number of nitrogens with zero attached hydrogens (tertiary/aromatic N) is 3. The van der Waals surface area contributed by atoms with Crippen molar-refractivity contribution >= 4 is 65.4 Å². The molecule has 13 aromatic rings. The molecule has 10 aromatic carbocycles. The van der Waals surface area contributed by atoms with Crippen molar-refractivity contribution in [3.05, 3.63) is 237 Å².